The van der Waals surface area contributed by atoms with Gasteiger partial charge in [-0.3, -0.25) is 4.90 Å². The molecule has 0 aromatic heterocycles. The molecule has 0 aliphatic carbocycles. The van der Waals surface area contributed by atoms with Crippen LogP contribution in [0.5, 0.6) is 5.75 Å². The van der Waals surface area contributed by atoms with E-state index in [0.29, 0.717) is 31.1 Å². The van der Waals surface area contributed by atoms with Gasteiger partial charge in [-0.2, -0.15) is 4.31 Å². The molecule has 0 spiro atoms. The molecule has 6 nitrogen and oxygen atoms in total. The minimum Gasteiger partial charge on any atom is -0.495 e. The maximum Gasteiger partial charge on any atom is 0.243 e. The van der Waals surface area contributed by atoms with Crippen LogP contribution in [0.2, 0.25) is 0 Å². The van der Waals surface area contributed by atoms with Crippen LogP contribution < -0.4 is 10.5 Å². The van der Waals surface area contributed by atoms with Crippen LogP contribution in [0.15, 0.2) is 23.1 Å². The van der Waals surface area contributed by atoms with Gasteiger partial charge in [0.25, 0.3) is 0 Å². The molecule has 1 saturated heterocycles. The lowest BCUT2D eigenvalue weighted by Gasteiger charge is -2.44. The Morgan fingerprint density at radius 2 is 1.95 bits per heavy atom. The van der Waals surface area contributed by atoms with E-state index < -0.39 is 10.0 Å². The van der Waals surface area contributed by atoms with Crippen molar-refractivity contribution in [2.75, 3.05) is 39.5 Å². The van der Waals surface area contributed by atoms with Crippen molar-refractivity contribution in [3.63, 3.8) is 0 Å². The first kappa shape index (κ1) is 16.1. The molecule has 2 rings (SSSR count). The number of hydrogen-bond donors (Lipinski definition) is 1. The van der Waals surface area contributed by atoms with Crippen LogP contribution in [0.25, 0.3) is 0 Å². The van der Waals surface area contributed by atoms with Gasteiger partial charge in [-0.05, 0) is 33.0 Å². The lowest BCUT2D eigenvalue weighted by molar-refractivity contribution is 0.0801. The highest BCUT2D eigenvalue weighted by molar-refractivity contribution is 7.89. The molecule has 0 saturated carbocycles. The molecule has 0 atom stereocenters. The fourth-order valence-corrected chi connectivity index (χ4v) is 4.00. The van der Waals surface area contributed by atoms with Crippen LogP contribution in [0, 0.1) is 0 Å². The fraction of sp³-hybridized carbons (Fsp3) is 0.571. The molecule has 1 fully saturated rings. The lowest BCUT2D eigenvalue weighted by atomic mass is 10.0. The number of nitrogens with two attached hydrogens (primary N) is 1. The Balaban J connectivity index is 2.34. The van der Waals surface area contributed by atoms with Crippen LogP contribution in [0.4, 0.5) is 5.69 Å². The van der Waals surface area contributed by atoms with Crippen molar-refractivity contribution in [3.05, 3.63) is 18.2 Å². The normalized spacial score (nSPS) is 20.4. The molecule has 0 unspecified atom stereocenters. The van der Waals surface area contributed by atoms with Gasteiger partial charge in [-0.15, -0.1) is 0 Å². The molecular weight excluding hydrogens is 290 g/mol. The average molecular weight is 313 g/mol. The quantitative estimate of drug-likeness (QED) is 0.842. The molecule has 1 heterocycles. The van der Waals surface area contributed by atoms with E-state index in [9.17, 15) is 8.42 Å². The molecule has 118 valence electrons. The average Bonchev–Trinajstić information content (AvgIpc) is 2.42. The molecular formula is C14H23N3O3S. The van der Waals surface area contributed by atoms with E-state index in [0.717, 1.165) is 0 Å². The molecule has 7 heteroatoms. The number of nitrogen functional groups attached to an aromatic ring is 1. The molecule has 1 aromatic rings. The van der Waals surface area contributed by atoms with E-state index in [4.69, 9.17) is 10.5 Å². The summed E-state index contributed by atoms with van der Waals surface area (Å²) in [5.41, 5.74) is 5.98. The second-order valence-electron chi connectivity index (χ2n) is 5.98. The Morgan fingerprint density at radius 1 is 1.29 bits per heavy atom. The van der Waals surface area contributed by atoms with Crippen LogP contribution in [-0.2, 0) is 10.0 Å². The molecule has 21 heavy (non-hydrogen) atoms. The predicted molar refractivity (Wildman–Crippen MR) is 82.9 cm³/mol. The highest BCUT2D eigenvalue weighted by atomic mass is 32.2. The summed E-state index contributed by atoms with van der Waals surface area (Å²) < 4.78 is 32.2. The second kappa shape index (κ2) is 5.47. The van der Waals surface area contributed by atoms with Crippen molar-refractivity contribution in [1.82, 2.24) is 9.21 Å². The lowest BCUT2D eigenvalue weighted by Crippen LogP contribution is -2.58. The van der Waals surface area contributed by atoms with Crippen molar-refractivity contribution >= 4 is 15.7 Å². The minimum absolute atomic E-state index is 0.191. The first-order valence-electron chi connectivity index (χ1n) is 6.83. The van der Waals surface area contributed by atoms with Crippen LogP contribution in [-0.4, -0.2) is 57.0 Å². The SMILES string of the molecule is COc1cc(S(=O)(=O)N2CCN(C)C(C)(C)C2)ccc1N. The monoisotopic (exact) mass is 313 g/mol. The summed E-state index contributed by atoms with van der Waals surface area (Å²) in [5, 5.41) is 0. The summed E-state index contributed by atoms with van der Waals surface area (Å²) >= 11 is 0. The summed E-state index contributed by atoms with van der Waals surface area (Å²) in [6.45, 7) is 5.72. The van der Waals surface area contributed by atoms with E-state index in [2.05, 4.69) is 4.90 Å². The van der Waals surface area contributed by atoms with Crippen molar-refractivity contribution in [1.29, 1.82) is 0 Å². The van der Waals surface area contributed by atoms with E-state index in [1.165, 1.54) is 23.5 Å². The van der Waals surface area contributed by atoms with E-state index in [1.54, 1.807) is 6.07 Å². The third-order valence-corrected chi connectivity index (χ3v) is 5.97. The van der Waals surface area contributed by atoms with Crippen molar-refractivity contribution in [2.24, 2.45) is 0 Å². The number of hydrogen-bond acceptors (Lipinski definition) is 5. The standard InChI is InChI=1S/C14H23N3O3S/c1-14(2)10-17(8-7-16(14)3)21(18,19)11-5-6-12(15)13(9-11)20-4/h5-6,9H,7-8,10,15H2,1-4H3. The molecule has 0 bridgehead atoms. The highest BCUT2D eigenvalue weighted by Gasteiger charge is 2.37. The third-order valence-electron chi connectivity index (χ3n) is 4.12. The number of benzene rings is 1. The largest absolute Gasteiger partial charge is 0.495 e. The van der Waals surface area contributed by atoms with E-state index in [-0.39, 0.29) is 10.4 Å². The van der Waals surface area contributed by atoms with Gasteiger partial charge < -0.3 is 10.5 Å². The number of anilines is 1. The van der Waals surface area contributed by atoms with Crippen LogP contribution >= 0.6 is 0 Å². The Labute approximate surface area is 126 Å². The van der Waals surface area contributed by atoms with Gasteiger partial charge in [0.15, 0.2) is 0 Å². The van der Waals surface area contributed by atoms with Gasteiger partial charge in [0, 0.05) is 31.2 Å². The Bertz CT molecular complexity index is 628. The summed E-state index contributed by atoms with van der Waals surface area (Å²) in [7, 11) is -0.0514. The first-order chi connectivity index (χ1) is 9.68. The van der Waals surface area contributed by atoms with Crippen molar-refractivity contribution in [2.45, 2.75) is 24.3 Å². The number of rotatable bonds is 3. The van der Waals surface area contributed by atoms with Gasteiger partial charge >= 0.3 is 0 Å². The van der Waals surface area contributed by atoms with E-state index in [1.807, 2.05) is 20.9 Å². The molecule has 1 aliphatic rings. The maximum absolute atomic E-state index is 12.8. The number of ether oxygens (including phenoxy) is 1. The number of sulfonamides is 1. The molecule has 0 amide bonds. The third kappa shape index (κ3) is 3.00. The van der Waals surface area contributed by atoms with Gasteiger partial charge in [-0.1, -0.05) is 0 Å². The van der Waals surface area contributed by atoms with Crippen molar-refractivity contribution in [3.8, 4) is 5.75 Å². The number of piperazine rings is 1. The molecule has 2 N–H and O–H groups in total. The summed E-state index contributed by atoms with van der Waals surface area (Å²) in [4.78, 5) is 2.39. The zero-order valence-electron chi connectivity index (χ0n) is 13.0. The minimum atomic E-state index is -3.53. The molecule has 1 aromatic carbocycles. The Kier molecular flexibility index (Phi) is 4.19. The highest BCUT2D eigenvalue weighted by Crippen LogP contribution is 2.29. The van der Waals surface area contributed by atoms with Gasteiger partial charge in [0.2, 0.25) is 10.0 Å². The predicted octanol–water partition coefficient (Wildman–Crippen LogP) is 0.992. The van der Waals surface area contributed by atoms with Crippen molar-refractivity contribution < 1.29 is 13.2 Å². The Morgan fingerprint density at radius 3 is 2.52 bits per heavy atom. The first-order valence-corrected chi connectivity index (χ1v) is 8.27. The maximum atomic E-state index is 12.8. The number of likely N-dealkylation sites (N-methyl/N-ethyl adjacent to an activating group) is 1. The summed E-state index contributed by atoms with van der Waals surface area (Å²) in [5.74, 6) is 0.379. The summed E-state index contributed by atoms with van der Waals surface area (Å²) in [6, 6.07) is 4.57. The number of methoxy groups -OCH3 is 1. The molecule has 0 radical (unpaired) electrons. The zero-order valence-corrected chi connectivity index (χ0v) is 13.8. The summed E-state index contributed by atoms with van der Waals surface area (Å²) in [6.07, 6.45) is 0. The van der Waals surface area contributed by atoms with Gasteiger partial charge in [0.1, 0.15) is 5.75 Å². The second-order valence-corrected chi connectivity index (χ2v) is 7.91. The van der Waals surface area contributed by atoms with Crippen LogP contribution in [0.3, 0.4) is 0 Å². The molecule has 1 aliphatic heterocycles. The number of nitrogens with zero attached hydrogens (tertiary/aromatic N) is 2. The fourth-order valence-electron chi connectivity index (χ4n) is 2.40. The zero-order chi connectivity index (χ0) is 15.8. The topological polar surface area (TPSA) is 75.9 Å². The van der Waals surface area contributed by atoms with Gasteiger partial charge in [-0.25, -0.2) is 8.42 Å². The Hall–Kier alpha value is -1.31. The van der Waals surface area contributed by atoms with E-state index >= 15 is 0 Å². The van der Waals surface area contributed by atoms with Gasteiger partial charge in [0.05, 0.1) is 17.7 Å². The van der Waals surface area contributed by atoms with Crippen LogP contribution in [0.1, 0.15) is 13.8 Å². The smallest absolute Gasteiger partial charge is 0.243 e.